The standard InChI is InChI=1S/C40H35ClF9N9O5S/c1-38(2,40(48,49)50)9-10-64-27-8-5-20-34(52-27)53-36(59(37(20)61)25-7-6-23(41)29-31(25)57(3)55-35(29)56-65(4,62)63)24(13-17-11-18(42)14-19(43)12-17)51-26(60)16-58-32-28(30(54-58)33(44)45)21-15-22(21)39(32,46)47/h5-8,11-12,14,21-22,24,33H,9-10,13,15-16H2,1-4H3,(H,51,60)(H,55,56)/t21-,22+,24-/m0/s1. The van der Waals surface area contributed by atoms with Crippen molar-refractivity contribution >= 4 is 55.3 Å². The second-order valence-corrected chi connectivity index (χ2v) is 18.7. The maximum absolute atomic E-state index is 15.5. The number of alkyl halides is 7. The first kappa shape index (κ1) is 45.7. The molecule has 0 spiro atoms. The Morgan fingerprint density at radius 2 is 1.74 bits per heavy atom. The number of benzene rings is 2. The molecule has 4 aromatic heterocycles. The molecule has 1 amide bonds. The first-order valence-corrected chi connectivity index (χ1v) is 21.8. The summed E-state index contributed by atoms with van der Waals surface area (Å²) in [5, 5.41) is 10.2. The quantitative estimate of drug-likeness (QED) is 0.104. The molecule has 14 nitrogen and oxygen atoms in total. The van der Waals surface area contributed by atoms with Crippen molar-refractivity contribution in [3.05, 3.63) is 97.8 Å². The van der Waals surface area contributed by atoms with Gasteiger partial charge in [0.25, 0.3) is 17.9 Å². The molecule has 0 unspecified atom stereocenters. The number of aromatic nitrogens is 7. The summed E-state index contributed by atoms with van der Waals surface area (Å²) in [6, 6.07) is 5.66. The van der Waals surface area contributed by atoms with Crippen molar-refractivity contribution in [2.45, 2.75) is 70.1 Å². The molecule has 1 fully saturated rings. The van der Waals surface area contributed by atoms with Crippen LogP contribution in [0.5, 0.6) is 5.88 Å². The van der Waals surface area contributed by atoms with Crippen LogP contribution in [0.4, 0.5) is 45.3 Å². The highest BCUT2D eigenvalue weighted by molar-refractivity contribution is 7.92. The van der Waals surface area contributed by atoms with Gasteiger partial charge >= 0.3 is 6.18 Å². The van der Waals surface area contributed by atoms with E-state index in [-0.39, 0.29) is 56.2 Å². The number of nitrogens with one attached hydrogen (secondary N) is 2. The maximum atomic E-state index is 15.5. The second kappa shape index (κ2) is 15.9. The molecule has 0 radical (unpaired) electrons. The fourth-order valence-electron chi connectivity index (χ4n) is 8.08. The third-order valence-corrected chi connectivity index (χ3v) is 12.3. The molecule has 0 saturated heterocycles. The number of pyridine rings is 1. The molecule has 8 rings (SSSR count). The number of hydrogen-bond acceptors (Lipinski definition) is 9. The van der Waals surface area contributed by atoms with Crippen LogP contribution < -0.4 is 20.3 Å². The zero-order valence-corrected chi connectivity index (χ0v) is 35.8. The van der Waals surface area contributed by atoms with Crippen molar-refractivity contribution in [3.63, 3.8) is 0 Å². The van der Waals surface area contributed by atoms with Gasteiger partial charge < -0.3 is 10.1 Å². The Morgan fingerprint density at radius 1 is 1.05 bits per heavy atom. The summed E-state index contributed by atoms with van der Waals surface area (Å²) in [6.45, 7) is 0.382. The predicted octanol–water partition coefficient (Wildman–Crippen LogP) is 7.77. The number of fused-ring (bicyclic) bond motifs is 5. The van der Waals surface area contributed by atoms with Crippen molar-refractivity contribution in [3.8, 4) is 11.6 Å². The molecule has 0 aliphatic heterocycles. The maximum Gasteiger partial charge on any atom is 0.394 e. The number of sulfonamides is 1. The van der Waals surface area contributed by atoms with E-state index in [1.807, 2.05) is 0 Å². The molecule has 2 aliphatic rings. The van der Waals surface area contributed by atoms with Gasteiger partial charge in [-0.2, -0.15) is 37.1 Å². The molecule has 2 aliphatic carbocycles. The molecule has 6 aromatic rings. The first-order chi connectivity index (χ1) is 30.3. The average Bonchev–Trinajstić information content (AvgIpc) is 3.72. The fourth-order valence-corrected chi connectivity index (χ4v) is 8.81. The lowest BCUT2D eigenvalue weighted by Gasteiger charge is -2.27. The van der Waals surface area contributed by atoms with Crippen LogP contribution in [0, 0.1) is 23.0 Å². The lowest BCUT2D eigenvalue weighted by atomic mass is 9.89. The van der Waals surface area contributed by atoms with Crippen LogP contribution in [0.3, 0.4) is 0 Å². The fraction of sp³-hybridized carbons (Fsp3) is 0.400. The number of anilines is 1. The molecular formula is C40H35ClF9N9O5S. The van der Waals surface area contributed by atoms with E-state index < -0.39 is 124 Å². The number of ether oxygens (including phenoxy) is 1. The number of amides is 1. The van der Waals surface area contributed by atoms with Crippen LogP contribution >= 0.6 is 11.6 Å². The van der Waals surface area contributed by atoms with E-state index in [4.69, 9.17) is 16.3 Å². The second-order valence-electron chi connectivity index (χ2n) is 16.5. The van der Waals surface area contributed by atoms with Crippen LogP contribution in [-0.4, -0.2) is 67.5 Å². The lowest BCUT2D eigenvalue weighted by Crippen LogP contribution is -2.38. The van der Waals surface area contributed by atoms with Gasteiger partial charge in [0.1, 0.15) is 35.4 Å². The largest absolute Gasteiger partial charge is 0.478 e. The zero-order valence-electron chi connectivity index (χ0n) is 34.2. The van der Waals surface area contributed by atoms with Gasteiger partial charge in [0.05, 0.1) is 51.3 Å². The van der Waals surface area contributed by atoms with Crippen molar-refractivity contribution in [1.82, 2.24) is 39.4 Å². The number of halogens is 10. The highest BCUT2D eigenvalue weighted by atomic mass is 35.5. The minimum Gasteiger partial charge on any atom is -0.478 e. The van der Waals surface area contributed by atoms with Crippen molar-refractivity contribution < 1.29 is 57.5 Å². The molecule has 65 heavy (non-hydrogen) atoms. The van der Waals surface area contributed by atoms with Gasteiger partial charge in [-0.3, -0.25) is 28.2 Å². The monoisotopic (exact) mass is 959 g/mol. The summed E-state index contributed by atoms with van der Waals surface area (Å²) in [5.41, 5.74) is -5.88. The van der Waals surface area contributed by atoms with Gasteiger partial charge in [-0.05, 0) is 54.7 Å². The third kappa shape index (κ3) is 8.45. The molecule has 4 heterocycles. The lowest BCUT2D eigenvalue weighted by molar-refractivity contribution is -0.215. The normalized spacial score (nSPS) is 17.4. The van der Waals surface area contributed by atoms with Gasteiger partial charge in [0.15, 0.2) is 11.5 Å². The summed E-state index contributed by atoms with van der Waals surface area (Å²) in [7, 11) is -2.60. The summed E-state index contributed by atoms with van der Waals surface area (Å²) in [4.78, 5) is 37.8. The highest BCUT2D eigenvalue weighted by Crippen LogP contribution is 2.68. The molecule has 2 N–H and O–H groups in total. The number of hydrogen-bond donors (Lipinski definition) is 2. The minimum absolute atomic E-state index is 0.00245. The van der Waals surface area contributed by atoms with Crippen molar-refractivity contribution in [2.75, 3.05) is 17.6 Å². The average molecular weight is 960 g/mol. The van der Waals surface area contributed by atoms with Crippen molar-refractivity contribution in [2.24, 2.45) is 18.4 Å². The third-order valence-electron chi connectivity index (χ3n) is 11.4. The topological polar surface area (TPSA) is 168 Å². The van der Waals surface area contributed by atoms with E-state index >= 15 is 8.78 Å². The van der Waals surface area contributed by atoms with E-state index in [0.29, 0.717) is 10.7 Å². The van der Waals surface area contributed by atoms with E-state index in [1.54, 1.807) is 0 Å². The summed E-state index contributed by atoms with van der Waals surface area (Å²) < 4.78 is 165. The van der Waals surface area contributed by atoms with Crippen LogP contribution in [0.1, 0.15) is 73.4 Å². The Labute approximate surface area is 366 Å². The number of carbonyl (C=O) groups is 1. The van der Waals surface area contributed by atoms with Gasteiger partial charge in [0.2, 0.25) is 21.8 Å². The summed E-state index contributed by atoms with van der Waals surface area (Å²) in [6.07, 6.45) is -8.14. The molecule has 3 atom stereocenters. The Balaban J connectivity index is 1.30. The molecule has 0 bridgehead atoms. The molecule has 346 valence electrons. The number of nitrogens with zero attached hydrogens (tertiary/aromatic N) is 7. The van der Waals surface area contributed by atoms with Crippen LogP contribution in [0.25, 0.3) is 27.6 Å². The molecular weight excluding hydrogens is 925 g/mol. The SMILES string of the molecule is Cn1nc(NS(C)(=O)=O)c2c(Cl)ccc(-n3c([C@H](Cc4cc(F)cc(F)c4)NC(=O)Cn4nc(C(F)F)c5c4C(F)(F)[C@@H]4C[C@H]54)nc4nc(OCCC(C)(C)C(F)(F)F)ccc4c3=O)c21. The Kier molecular flexibility index (Phi) is 11.2. The number of carbonyl (C=O) groups excluding carboxylic acids is 1. The van der Waals surface area contributed by atoms with E-state index in [1.165, 1.54) is 36.0 Å². The smallest absolute Gasteiger partial charge is 0.394 e. The highest BCUT2D eigenvalue weighted by Gasteiger charge is 2.67. The number of rotatable bonds is 14. The molecule has 25 heteroatoms. The van der Waals surface area contributed by atoms with Crippen LogP contribution in [0.15, 0.2) is 47.3 Å². The van der Waals surface area contributed by atoms with E-state index in [0.717, 1.165) is 36.8 Å². The Morgan fingerprint density at radius 3 is 2.38 bits per heavy atom. The summed E-state index contributed by atoms with van der Waals surface area (Å²) >= 11 is 6.58. The minimum atomic E-state index is -4.58. The van der Waals surface area contributed by atoms with E-state index in [9.17, 15) is 48.7 Å². The Bertz CT molecular complexity index is 3080. The predicted molar refractivity (Wildman–Crippen MR) is 216 cm³/mol. The summed E-state index contributed by atoms with van der Waals surface area (Å²) in [5.74, 6) is -10.0. The molecule has 1 saturated carbocycles. The van der Waals surface area contributed by atoms with Gasteiger partial charge in [-0.15, -0.1) is 0 Å². The zero-order chi connectivity index (χ0) is 47.3. The Hall–Kier alpha value is -5.91. The van der Waals surface area contributed by atoms with Gasteiger partial charge in [-0.1, -0.05) is 25.4 Å². The van der Waals surface area contributed by atoms with Gasteiger partial charge in [-0.25, -0.2) is 31.0 Å². The molecule has 2 aromatic carbocycles. The first-order valence-electron chi connectivity index (χ1n) is 19.5. The van der Waals surface area contributed by atoms with Gasteiger partial charge in [0, 0.05) is 37.1 Å². The number of aryl methyl sites for hydroxylation is 1. The van der Waals surface area contributed by atoms with Crippen molar-refractivity contribution in [1.29, 1.82) is 0 Å². The van der Waals surface area contributed by atoms with Crippen LogP contribution in [-0.2, 0) is 40.8 Å². The van der Waals surface area contributed by atoms with Crippen LogP contribution in [0.2, 0.25) is 5.02 Å². The van der Waals surface area contributed by atoms with E-state index in [2.05, 4.69) is 30.2 Å².